The van der Waals surface area contributed by atoms with E-state index in [1.165, 1.54) is 6.08 Å². The third kappa shape index (κ3) is 3.85. The normalized spacial score (nSPS) is 14.7. The average molecular weight is 172 g/mol. The number of nitrogens with two attached hydrogens (primary N) is 1. The summed E-state index contributed by atoms with van der Waals surface area (Å²) in [7, 11) is 0. The minimum Gasteiger partial charge on any atom is -0.480 e. The number of allylic oxidation sites excluding steroid dienone is 1. The van der Waals surface area contributed by atoms with Crippen molar-refractivity contribution in [2.45, 2.75) is 27.7 Å². The summed E-state index contributed by atoms with van der Waals surface area (Å²) in [5.41, 5.74) is 5.30. The van der Waals surface area contributed by atoms with Gasteiger partial charge in [-0.25, -0.2) is 0 Å². The van der Waals surface area contributed by atoms with Crippen molar-refractivity contribution in [1.29, 1.82) is 0 Å². The van der Waals surface area contributed by atoms with Gasteiger partial charge in [0.2, 0.25) is 0 Å². The SMILES string of the molecule is C/C=C(/O)O/N=C(\N)C(C)(C)C. The fourth-order valence-corrected chi connectivity index (χ4v) is 0.286. The van der Waals surface area contributed by atoms with Gasteiger partial charge in [0.15, 0.2) is 0 Å². The van der Waals surface area contributed by atoms with E-state index in [0.29, 0.717) is 5.84 Å². The van der Waals surface area contributed by atoms with Crippen molar-refractivity contribution in [3.05, 3.63) is 12.0 Å². The molecule has 0 aliphatic carbocycles. The topological polar surface area (TPSA) is 67.8 Å². The summed E-state index contributed by atoms with van der Waals surface area (Å²) in [6.45, 7) is 7.35. The molecule has 0 saturated carbocycles. The molecule has 0 aromatic rings. The summed E-state index contributed by atoms with van der Waals surface area (Å²) in [6, 6.07) is 0. The van der Waals surface area contributed by atoms with Gasteiger partial charge in [0.1, 0.15) is 5.84 Å². The van der Waals surface area contributed by atoms with Crippen molar-refractivity contribution in [3.63, 3.8) is 0 Å². The minimum absolute atomic E-state index is 0.242. The number of oxime groups is 1. The number of aliphatic hydroxyl groups is 1. The molecule has 0 bridgehead atoms. The highest BCUT2D eigenvalue weighted by molar-refractivity contribution is 5.84. The molecule has 0 aliphatic heterocycles. The molecule has 0 aromatic heterocycles. The Balaban J connectivity index is 4.20. The van der Waals surface area contributed by atoms with E-state index in [1.54, 1.807) is 6.92 Å². The third-order valence-electron chi connectivity index (χ3n) is 1.25. The molecule has 0 fully saturated rings. The maximum atomic E-state index is 8.85. The molecule has 3 N–H and O–H groups in total. The smallest absolute Gasteiger partial charge is 0.302 e. The molecule has 0 rings (SSSR count). The highest BCUT2D eigenvalue weighted by atomic mass is 16.7. The second-order valence-electron chi connectivity index (χ2n) is 3.44. The minimum atomic E-state index is -0.248. The number of hydrogen-bond donors (Lipinski definition) is 2. The van der Waals surface area contributed by atoms with Crippen molar-refractivity contribution in [1.82, 2.24) is 0 Å². The van der Waals surface area contributed by atoms with Crippen LogP contribution in [-0.4, -0.2) is 10.9 Å². The van der Waals surface area contributed by atoms with E-state index in [-0.39, 0.29) is 11.4 Å². The van der Waals surface area contributed by atoms with Crippen molar-refractivity contribution in [2.75, 3.05) is 0 Å². The number of hydrogen-bond acceptors (Lipinski definition) is 3. The first kappa shape index (κ1) is 10.8. The van der Waals surface area contributed by atoms with E-state index in [2.05, 4.69) is 9.99 Å². The third-order valence-corrected chi connectivity index (χ3v) is 1.25. The van der Waals surface area contributed by atoms with Gasteiger partial charge in [-0.1, -0.05) is 25.9 Å². The molecule has 0 amide bonds. The molecule has 0 heterocycles. The summed E-state index contributed by atoms with van der Waals surface area (Å²) in [5, 5.41) is 12.4. The summed E-state index contributed by atoms with van der Waals surface area (Å²) in [6.07, 6.45) is 1.39. The van der Waals surface area contributed by atoms with Crippen LogP contribution in [0.25, 0.3) is 0 Å². The maximum Gasteiger partial charge on any atom is 0.302 e. The molecular weight excluding hydrogens is 156 g/mol. The van der Waals surface area contributed by atoms with Gasteiger partial charge < -0.3 is 15.7 Å². The quantitative estimate of drug-likeness (QED) is 0.288. The fourth-order valence-electron chi connectivity index (χ4n) is 0.286. The Morgan fingerprint density at radius 3 is 2.33 bits per heavy atom. The molecule has 4 nitrogen and oxygen atoms in total. The molecule has 0 radical (unpaired) electrons. The van der Waals surface area contributed by atoms with E-state index >= 15 is 0 Å². The van der Waals surface area contributed by atoms with E-state index < -0.39 is 0 Å². The Labute approximate surface area is 72.7 Å². The lowest BCUT2D eigenvalue weighted by molar-refractivity contribution is 0.0966. The van der Waals surface area contributed by atoms with Gasteiger partial charge >= 0.3 is 5.95 Å². The van der Waals surface area contributed by atoms with Gasteiger partial charge in [-0.2, -0.15) is 0 Å². The van der Waals surface area contributed by atoms with Gasteiger partial charge in [-0.05, 0) is 13.0 Å². The first-order chi connectivity index (χ1) is 5.38. The van der Waals surface area contributed by atoms with Gasteiger partial charge in [0.05, 0.1) is 0 Å². The predicted octanol–water partition coefficient (Wildman–Crippen LogP) is 1.74. The molecule has 0 aliphatic rings. The molecule has 0 spiro atoms. The first-order valence-corrected chi connectivity index (χ1v) is 3.74. The van der Waals surface area contributed by atoms with Crippen LogP contribution in [0.1, 0.15) is 27.7 Å². The molecular formula is C8H16N2O2. The van der Waals surface area contributed by atoms with Crippen LogP contribution in [0.2, 0.25) is 0 Å². The average Bonchev–Trinajstić information content (AvgIpc) is 1.97. The van der Waals surface area contributed by atoms with Gasteiger partial charge in [0.25, 0.3) is 0 Å². The van der Waals surface area contributed by atoms with Crippen molar-refractivity contribution in [3.8, 4) is 0 Å². The van der Waals surface area contributed by atoms with Crippen molar-refractivity contribution < 1.29 is 9.94 Å². The molecule has 0 aromatic carbocycles. The molecule has 0 unspecified atom stereocenters. The predicted molar refractivity (Wildman–Crippen MR) is 48.5 cm³/mol. The number of rotatable bonds is 2. The summed E-state index contributed by atoms with van der Waals surface area (Å²) in [5.74, 6) is 0.0955. The number of aliphatic hydroxyl groups excluding tert-OH is 1. The van der Waals surface area contributed by atoms with Crippen LogP contribution in [-0.2, 0) is 4.84 Å². The van der Waals surface area contributed by atoms with E-state index in [0.717, 1.165) is 0 Å². The Bertz CT molecular complexity index is 202. The molecule has 4 heteroatoms. The number of nitrogens with zero attached hydrogens (tertiary/aromatic N) is 1. The maximum absolute atomic E-state index is 8.85. The lowest BCUT2D eigenvalue weighted by atomic mass is 9.96. The molecule has 12 heavy (non-hydrogen) atoms. The lowest BCUT2D eigenvalue weighted by Crippen LogP contribution is -2.29. The largest absolute Gasteiger partial charge is 0.480 e. The van der Waals surface area contributed by atoms with E-state index in [1.807, 2.05) is 20.8 Å². The Kier molecular flexibility index (Phi) is 3.60. The van der Waals surface area contributed by atoms with Crippen molar-refractivity contribution in [2.24, 2.45) is 16.3 Å². The molecule has 0 saturated heterocycles. The zero-order valence-corrected chi connectivity index (χ0v) is 7.96. The van der Waals surface area contributed by atoms with Crippen LogP contribution in [0.4, 0.5) is 0 Å². The van der Waals surface area contributed by atoms with Crippen LogP contribution in [0.15, 0.2) is 17.2 Å². The van der Waals surface area contributed by atoms with Crippen LogP contribution >= 0.6 is 0 Å². The lowest BCUT2D eigenvalue weighted by Gasteiger charge is -2.15. The Hall–Kier alpha value is -1.19. The summed E-state index contributed by atoms with van der Waals surface area (Å²) < 4.78 is 0. The van der Waals surface area contributed by atoms with Crippen molar-refractivity contribution >= 4 is 5.84 Å². The first-order valence-electron chi connectivity index (χ1n) is 3.74. The summed E-state index contributed by atoms with van der Waals surface area (Å²) >= 11 is 0. The number of amidine groups is 1. The van der Waals surface area contributed by atoms with Crippen LogP contribution < -0.4 is 5.73 Å². The second kappa shape index (κ2) is 3.99. The molecule has 70 valence electrons. The van der Waals surface area contributed by atoms with E-state index in [9.17, 15) is 0 Å². The van der Waals surface area contributed by atoms with Crippen LogP contribution in [0.3, 0.4) is 0 Å². The van der Waals surface area contributed by atoms with Gasteiger partial charge in [-0.15, -0.1) is 0 Å². The monoisotopic (exact) mass is 172 g/mol. The van der Waals surface area contributed by atoms with Gasteiger partial charge in [-0.3, -0.25) is 0 Å². The Morgan fingerprint density at radius 2 is 2.00 bits per heavy atom. The van der Waals surface area contributed by atoms with Crippen LogP contribution in [0.5, 0.6) is 0 Å². The van der Waals surface area contributed by atoms with Crippen LogP contribution in [0, 0.1) is 5.41 Å². The Morgan fingerprint density at radius 1 is 1.50 bits per heavy atom. The summed E-state index contributed by atoms with van der Waals surface area (Å²) in [4.78, 5) is 4.56. The zero-order chi connectivity index (χ0) is 9.78. The molecule has 0 atom stereocenters. The highest BCUT2D eigenvalue weighted by Crippen LogP contribution is 2.12. The van der Waals surface area contributed by atoms with E-state index in [4.69, 9.17) is 10.8 Å². The second-order valence-corrected chi connectivity index (χ2v) is 3.44. The standard InChI is InChI=1S/C8H16N2O2/c1-5-6(11)12-10-7(9)8(2,3)4/h5,11H,1-4H3,(H2,9,10)/b6-5-. The van der Waals surface area contributed by atoms with Gasteiger partial charge in [0, 0.05) is 5.41 Å². The highest BCUT2D eigenvalue weighted by Gasteiger charge is 2.16. The fraction of sp³-hybridized carbons (Fsp3) is 0.625. The zero-order valence-electron chi connectivity index (χ0n) is 7.96.